The second kappa shape index (κ2) is 13.0. The zero-order chi connectivity index (χ0) is 27.9. The molecule has 0 aromatic heterocycles. The third kappa shape index (κ3) is 6.62. The average molecular weight is 558 g/mol. The second-order valence-electron chi connectivity index (χ2n) is 10.1. The van der Waals surface area contributed by atoms with Crippen molar-refractivity contribution in [1.82, 2.24) is 4.90 Å². The molecule has 1 aliphatic heterocycles. The van der Waals surface area contributed by atoms with E-state index in [0.29, 0.717) is 28.0 Å². The number of para-hydroxylation sites is 2. The van der Waals surface area contributed by atoms with Crippen molar-refractivity contribution < 1.29 is 19.1 Å². The number of nitrogens with one attached hydrogen (secondary N) is 2. The van der Waals surface area contributed by atoms with Crippen LogP contribution in [0.15, 0.2) is 83.8 Å². The van der Waals surface area contributed by atoms with E-state index in [-0.39, 0.29) is 30.0 Å². The lowest BCUT2D eigenvalue weighted by Crippen LogP contribution is -2.48. The number of nitrogens with zero attached hydrogens (tertiary/aromatic N) is 1. The van der Waals surface area contributed by atoms with Gasteiger partial charge in [0.05, 0.1) is 12.0 Å². The minimum atomic E-state index is -0.263. The topological polar surface area (TPSA) is 79.9 Å². The first-order valence-corrected chi connectivity index (χ1v) is 14.6. The molecule has 1 heterocycles. The average Bonchev–Trinajstić information content (AvgIpc) is 3.27. The Labute approximate surface area is 239 Å². The molecule has 40 heavy (non-hydrogen) atoms. The third-order valence-electron chi connectivity index (χ3n) is 7.33. The summed E-state index contributed by atoms with van der Waals surface area (Å²) in [5, 5.41) is 6.38. The fourth-order valence-electron chi connectivity index (χ4n) is 5.27. The van der Waals surface area contributed by atoms with Gasteiger partial charge in [-0.1, -0.05) is 74.0 Å². The Morgan fingerprint density at radius 2 is 1.68 bits per heavy atom. The van der Waals surface area contributed by atoms with Crippen LogP contribution in [0, 0.1) is 5.92 Å². The molecule has 0 bridgehead atoms. The van der Waals surface area contributed by atoms with Crippen molar-refractivity contribution in [3.63, 3.8) is 0 Å². The van der Waals surface area contributed by atoms with Crippen molar-refractivity contribution in [2.75, 3.05) is 24.4 Å². The van der Waals surface area contributed by atoms with Crippen molar-refractivity contribution in [2.45, 2.75) is 44.1 Å². The highest BCUT2D eigenvalue weighted by Crippen LogP contribution is 2.42. The molecule has 0 spiro atoms. The number of anilines is 2. The summed E-state index contributed by atoms with van der Waals surface area (Å²) in [4.78, 5) is 28.9. The minimum absolute atomic E-state index is 0.0501. The number of carbonyl (C=O) groups excluding carboxylic acids is 2. The molecule has 3 atom stereocenters. The molecule has 1 saturated carbocycles. The van der Waals surface area contributed by atoms with Gasteiger partial charge in [0.25, 0.3) is 11.8 Å². The molecular weight excluding hydrogens is 522 g/mol. The standard InChI is InChI=1S/C32H35N3O4S/c1-22-11-9-10-16-26(22)35-31(37)29(40-32(35)34-25-14-7-4-8-15-25)20-23-17-18-27(28(19-23)38-2)39-21-30(36)33-24-12-5-3-6-13-24/h3-8,12-15,17-20,22,26,32,34H,9-11,16,21H2,1-2H3,(H,33,36)/b29-20-/t22-,26+,32?/m0/s1. The number of amides is 2. The van der Waals surface area contributed by atoms with Gasteiger partial charge in [-0.2, -0.15) is 0 Å². The number of benzene rings is 3. The third-order valence-corrected chi connectivity index (χ3v) is 8.44. The Morgan fingerprint density at radius 1 is 0.975 bits per heavy atom. The maximum absolute atomic E-state index is 13.8. The van der Waals surface area contributed by atoms with Crippen molar-refractivity contribution in [2.24, 2.45) is 5.92 Å². The molecule has 2 aliphatic rings. The molecule has 8 heteroatoms. The highest BCUT2D eigenvalue weighted by Gasteiger charge is 2.42. The Kier molecular flexibility index (Phi) is 8.96. The molecule has 2 amide bonds. The molecule has 2 fully saturated rings. The van der Waals surface area contributed by atoms with E-state index in [2.05, 4.69) is 17.6 Å². The van der Waals surface area contributed by atoms with Crippen LogP contribution >= 0.6 is 11.8 Å². The lowest BCUT2D eigenvalue weighted by atomic mass is 9.85. The Balaban J connectivity index is 1.32. The van der Waals surface area contributed by atoms with Crippen LogP contribution in [0.4, 0.5) is 11.4 Å². The summed E-state index contributed by atoms with van der Waals surface area (Å²) in [5.74, 6) is 1.19. The Morgan fingerprint density at radius 3 is 2.38 bits per heavy atom. The largest absolute Gasteiger partial charge is 0.493 e. The number of ether oxygens (including phenoxy) is 2. The van der Waals surface area contributed by atoms with Gasteiger partial charge in [-0.25, -0.2) is 0 Å². The van der Waals surface area contributed by atoms with Crippen molar-refractivity contribution >= 4 is 41.0 Å². The van der Waals surface area contributed by atoms with E-state index in [1.54, 1.807) is 24.9 Å². The lowest BCUT2D eigenvalue weighted by molar-refractivity contribution is -0.129. The summed E-state index contributed by atoms with van der Waals surface area (Å²) >= 11 is 1.55. The van der Waals surface area contributed by atoms with E-state index in [1.807, 2.05) is 83.8 Å². The van der Waals surface area contributed by atoms with Crippen molar-refractivity contribution in [3.05, 3.63) is 89.3 Å². The molecule has 1 unspecified atom stereocenters. The summed E-state index contributed by atoms with van der Waals surface area (Å²) in [5.41, 5.74) is 2.34. The van der Waals surface area contributed by atoms with Gasteiger partial charge < -0.3 is 25.0 Å². The van der Waals surface area contributed by atoms with Gasteiger partial charge in [-0.3, -0.25) is 9.59 Å². The molecule has 1 aliphatic carbocycles. The fourth-order valence-corrected chi connectivity index (χ4v) is 6.49. The van der Waals surface area contributed by atoms with E-state index in [9.17, 15) is 9.59 Å². The van der Waals surface area contributed by atoms with E-state index >= 15 is 0 Å². The number of thioether (sulfide) groups is 1. The predicted octanol–water partition coefficient (Wildman–Crippen LogP) is 6.60. The van der Waals surface area contributed by atoms with Crippen molar-refractivity contribution in [1.29, 1.82) is 0 Å². The van der Waals surface area contributed by atoms with E-state index in [0.717, 1.165) is 30.5 Å². The van der Waals surface area contributed by atoms with Crippen molar-refractivity contribution in [3.8, 4) is 11.5 Å². The van der Waals surface area contributed by atoms with Gasteiger partial charge in [-0.15, -0.1) is 0 Å². The van der Waals surface area contributed by atoms with Gasteiger partial charge in [0.15, 0.2) is 23.6 Å². The number of hydrogen-bond acceptors (Lipinski definition) is 6. The molecule has 2 N–H and O–H groups in total. The molecule has 5 rings (SSSR count). The Hall–Kier alpha value is -3.91. The summed E-state index contributed by atoms with van der Waals surface area (Å²) in [6.45, 7) is 2.11. The van der Waals surface area contributed by atoms with Gasteiger partial charge in [-0.05, 0) is 66.8 Å². The zero-order valence-corrected chi connectivity index (χ0v) is 23.7. The van der Waals surface area contributed by atoms with Gasteiger partial charge in [0.2, 0.25) is 0 Å². The maximum Gasteiger partial charge on any atom is 0.262 e. The van der Waals surface area contributed by atoms with Crippen LogP contribution in [0.25, 0.3) is 6.08 Å². The van der Waals surface area contributed by atoms with Crippen LogP contribution < -0.4 is 20.1 Å². The van der Waals surface area contributed by atoms with Crippen LogP contribution in [0.2, 0.25) is 0 Å². The predicted molar refractivity (Wildman–Crippen MR) is 161 cm³/mol. The molecule has 3 aromatic carbocycles. The first-order chi connectivity index (χ1) is 19.5. The monoisotopic (exact) mass is 557 g/mol. The normalized spacial score (nSPS) is 21.8. The highest BCUT2D eigenvalue weighted by atomic mass is 32.2. The first kappa shape index (κ1) is 27.6. The van der Waals surface area contributed by atoms with Crippen LogP contribution in [0.1, 0.15) is 38.2 Å². The van der Waals surface area contributed by atoms with Crippen LogP contribution in [-0.4, -0.2) is 42.0 Å². The summed E-state index contributed by atoms with van der Waals surface area (Å²) < 4.78 is 11.3. The number of carbonyl (C=O) groups is 2. The van der Waals surface area contributed by atoms with Gasteiger partial charge >= 0.3 is 0 Å². The summed E-state index contributed by atoms with van der Waals surface area (Å²) in [7, 11) is 1.56. The lowest BCUT2D eigenvalue weighted by Gasteiger charge is -2.39. The summed E-state index contributed by atoms with van der Waals surface area (Å²) in [6, 6.07) is 24.9. The smallest absolute Gasteiger partial charge is 0.262 e. The zero-order valence-electron chi connectivity index (χ0n) is 22.8. The van der Waals surface area contributed by atoms with Gasteiger partial charge in [0, 0.05) is 17.4 Å². The second-order valence-corrected chi connectivity index (χ2v) is 11.3. The molecule has 3 aromatic rings. The quantitative estimate of drug-likeness (QED) is 0.289. The molecule has 208 valence electrons. The van der Waals surface area contributed by atoms with E-state index in [1.165, 1.54) is 6.42 Å². The fraction of sp³-hybridized carbons (Fsp3) is 0.312. The van der Waals surface area contributed by atoms with E-state index in [4.69, 9.17) is 9.47 Å². The van der Waals surface area contributed by atoms with E-state index < -0.39 is 0 Å². The molecular formula is C32H35N3O4S. The number of rotatable bonds is 9. The SMILES string of the molecule is COc1cc(/C=C2\SC(Nc3ccccc3)N([C@@H]3CCCC[C@@H]3C)C2=O)ccc1OCC(=O)Nc1ccccc1. The number of hydrogen-bond donors (Lipinski definition) is 2. The number of methoxy groups -OCH3 is 1. The van der Waals surface area contributed by atoms with Gasteiger partial charge in [0.1, 0.15) is 0 Å². The molecule has 0 radical (unpaired) electrons. The summed E-state index contributed by atoms with van der Waals surface area (Å²) in [6.07, 6.45) is 6.43. The van der Waals surface area contributed by atoms with Crippen LogP contribution in [0.5, 0.6) is 11.5 Å². The van der Waals surface area contributed by atoms with Crippen LogP contribution in [-0.2, 0) is 9.59 Å². The van der Waals surface area contributed by atoms with Crippen LogP contribution in [0.3, 0.4) is 0 Å². The highest BCUT2D eigenvalue weighted by molar-refractivity contribution is 8.05. The molecule has 1 saturated heterocycles. The first-order valence-electron chi connectivity index (χ1n) is 13.7. The minimum Gasteiger partial charge on any atom is -0.493 e. The molecule has 7 nitrogen and oxygen atoms in total. The Bertz CT molecular complexity index is 1350. The maximum atomic E-state index is 13.8.